The average molecular weight is 249 g/mol. The summed E-state index contributed by atoms with van der Waals surface area (Å²) < 4.78 is 28.0. The second-order valence-corrected chi connectivity index (χ2v) is 6.63. The van der Waals surface area contributed by atoms with E-state index in [1.165, 1.54) is 7.11 Å². The molecule has 1 N–H and O–H groups in total. The van der Waals surface area contributed by atoms with Gasteiger partial charge in [-0.3, -0.25) is 4.79 Å². The molecular formula is C10H19NO4S. The van der Waals surface area contributed by atoms with Gasteiger partial charge in [0.1, 0.15) is 0 Å². The monoisotopic (exact) mass is 249 g/mol. The van der Waals surface area contributed by atoms with Crippen LogP contribution >= 0.6 is 0 Å². The van der Waals surface area contributed by atoms with Crippen LogP contribution in [-0.4, -0.2) is 46.6 Å². The van der Waals surface area contributed by atoms with Crippen LogP contribution < -0.4 is 5.32 Å². The SMILES string of the molecule is CNCCS(=O)(=O)CC1(CC(=O)OC)CC1. The summed E-state index contributed by atoms with van der Waals surface area (Å²) in [6.45, 7) is 0.455. The molecule has 16 heavy (non-hydrogen) atoms. The molecule has 0 unspecified atom stereocenters. The van der Waals surface area contributed by atoms with Gasteiger partial charge >= 0.3 is 5.97 Å². The number of esters is 1. The third-order valence-electron chi connectivity index (χ3n) is 2.89. The van der Waals surface area contributed by atoms with Crippen LogP contribution in [0.25, 0.3) is 0 Å². The molecule has 0 aliphatic heterocycles. The molecule has 0 aromatic rings. The van der Waals surface area contributed by atoms with Crippen LogP contribution in [0.3, 0.4) is 0 Å². The Labute approximate surface area is 96.5 Å². The molecule has 0 amide bonds. The number of hydrogen-bond acceptors (Lipinski definition) is 5. The van der Waals surface area contributed by atoms with E-state index < -0.39 is 9.84 Å². The van der Waals surface area contributed by atoms with Crippen molar-refractivity contribution in [1.29, 1.82) is 0 Å². The molecule has 1 rings (SSSR count). The zero-order chi connectivity index (χ0) is 12.2. The average Bonchev–Trinajstić information content (AvgIpc) is 2.93. The fraction of sp³-hybridized carbons (Fsp3) is 0.900. The molecule has 0 bridgehead atoms. The molecule has 0 aromatic heterocycles. The van der Waals surface area contributed by atoms with Crippen LogP contribution in [0, 0.1) is 5.41 Å². The largest absolute Gasteiger partial charge is 0.469 e. The van der Waals surface area contributed by atoms with E-state index in [1.54, 1.807) is 7.05 Å². The molecule has 1 aliphatic rings. The van der Waals surface area contributed by atoms with Crippen LogP contribution in [-0.2, 0) is 19.4 Å². The number of methoxy groups -OCH3 is 1. The van der Waals surface area contributed by atoms with Gasteiger partial charge in [0, 0.05) is 6.54 Å². The van der Waals surface area contributed by atoms with Crippen LogP contribution in [0.15, 0.2) is 0 Å². The third kappa shape index (κ3) is 4.09. The van der Waals surface area contributed by atoms with Gasteiger partial charge in [-0.05, 0) is 25.3 Å². The molecule has 0 aromatic carbocycles. The van der Waals surface area contributed by atoms with Crippen molar-refractivity contribution < 1.29 is 17.9 Å². The molecule has 94 valence electrons. The zero-order valence-corrected chi connectivity index (χ0v) is 10.6. The van der Waals surface area contributed by atoms with E-state index in [4.69, 9.17) is 0 Å². The Hall–Kier alpha value is -0.620. The fourth-order valence-electron chi connectivity index (χ4n) is 1.72. The zero-order valence-electron chi connectivity index (χ0n) is 9.78. The summed E-state index contributed by atoms with van der Waals surface area (Å²) in [5.74, 6) is -0.0789. The predicted molar refractivity (Wildman–Crippen MR) is 60.9 cm³/mol. The van der Waals surface area contributed by atoms with Gasteiger partial charge in [-0.15, -0.1) is 0 Å². The first-order chi connectivity index (χ1) is 7.43. The number of ether oxygens (including phenoxy) is 1. The summed E-state index contributed by atoms with van der Waals surface area (Å²) in [6.07, 6.45) is 1.84. The van der Waals surface area contributed by atoms with Crippen molar-refractivity contribution in [3.8, 4) is 0 Å². The first-order valence-corrected chi connectivity index (χ1v) is 7.17. The molecule has 0 heterocycles. The van der Waals surface area contributed by atoms with E-state index in [-0.39, 0.29) is 29.3 Å². The Morgan fingerprint density at radius 3 is 2.50 bits per heavy atom. The summed E-state index contributed by atoms with van der Waals surface area (Å²) in [7, 11) is -0.0166. The normalized spacial score (nSPS) is 18.1. The van der Waals surface area contributed by atoms with Crippen LogP contribution in [0.4, 0.5) is 0 Å². The number of carbonyl (C=O) groups is 1. The highest BCUT2D eigenvalue weighted by atomic mass is 32.2. The van der Waals surface area contributed by atoms with Gasteiger partial charge in [0.25, 0.3) is 0 Å². The standard InChI is InChI=1S/C10H19NO4S/c1-11-5-6-16(13,14)8-10(3-4-10)7-9(12)15-2/h11H,3-8H2,1-2H3. The maximum atomic E-state index is 11.7. The van der Waals surface area contributed by atoms with E-state index in [0.29, 0.717) is 6.54 Å². The second-order valence-electron chi connectivity index (χ2n) is 4.45. The molecule has 5 nitrogen and oxygen atoms in total. The minimum atomic E-state index is -3.06. The molecule has 0 saturated heterocycles. The Morgan fingerprint density at radius 2 is 2.06 bits per heavy atom. The van der Waals surface area contributed by atoms with Gasteiger partial charge in [-0.1, -0.05) is 0 Å². The highest BCUT2D eigenvalue weighted by Gasteiger charge is 2.47. The molecular weight excluding hydrogens is 230 g/mol. The fourth-order valence-corrected chi connectivity index (χ4v) is 3.71. The maximum absolute atomic E-state index is 11.7. The van der Waals surface area contributed by atoms with E-state index in [2.05, 4.69) is 10.1 Å². The lowest BCUT2D eigenvalue weighted by Gasteiger charge is -2.13. The molecule has 6 heteroatoms. The van der Waals surface area contributed by atoms with Crippen molar-refractivity contribution in [2.45, 2.75) is 19.3 Å². The smallest absolute Gasteiger partial charge is 0.306 e. The van der Waals surface area contributed by atoms with Crippen molar-refractivity contribution in [3.05, 3.63) is 0 Å². The number of nitrogens with one attached hydrogen (secondary N) is 1. The van der Waals surface area contributed by atoms with Crippen LogP contribution in [0.5, 0.6) is 0 Å². The van der Waals surface area contributed by atoms with Gasteiger partial charge in [-0.2, -0.15) is 0 Å². The molecule has 0 spiro atoms. The predicted octanol–water partition coefficient (Wildman–Crippen LogP) is -0.0361. The van der Waals surface area contributed by atoms with E-state index in [9.17, 15) is 13.2 Å². The van der Waals surface area contributed by atoms with Crippen molar-refractivity contribution in [3.63, 3.8) is 0 Å². The quantitative estimate of drug-likeness (QED) is 0.641. The molecule has 1 aliphatic carbocycles. The van der Waals surface area contributed by atoms with Gasteiger partial charge in [0.2, 0.25) is 0 Å². The Kier molecular flexibility index (Phi) is 4.32. The number of rotatable bonds is 7. The minimum absolute atomic E-state index is 0.108. The Balaban J connectivity index is 2.50. The van der Waals surface area contributed by atoms with Crippen molar-refractivity contribution >= 4 is 15.8 Å². The maximum Gasteiger partial charge on any atom is 0.306 e. The lowest BCUT2D eigenvalue weighted by atomic mass is 10.1. The minimum Gasteiger partial charge on any atom is -0.469 e. The van der Waals surface area contributed by atoms with E-state index >= 15 is 0 Å². The topological polar surface area (TPSA) is 72.5 Å². The van der Waals surface area contributed by atoms with Gasteiger partial charge < -0.3 is 10.1 Å². The van der Waals surface area contributed by atoms with Crippen molar-refractivity contribution in [2.75, 3.05) is 32.2 Å². The highest BCUT2D eigenvalue weighted by Crippen LogP contribution is 2.50. The summed E-state index contributed by atoms with van der Waals surface area (Å²) in [5, 5.41) is 2.81. The first kappa shape index (κ1) is 13.4. The Bertz CT molecular complexity index is 346. The van der Waals surface area contributed by atoms with Crippen molar-refractivity contribution in [1.82, 2.24) is 5.32 Å². The number of carbonyl (C=O) groups excluding carboxylic acids is 1. The molecule has 0 radical (unpaired) electrons. The summed E-state index contributed by atoms with van der Waals surface area (Å²) >= 11 is 0. The summed E-state index contributed by atoms with van der Waals surface area (Å²) in [4.78, 5) is 11.1. The Morgan fingerprint density at radius 1 is 1.44 bits per heavy atom. The van der Waals surface area contributed by atoms with Crippen molar-refractivity contribution in [2.24, 2.45) is 5.41 Å². The number of hydrogen-bond donors (Lipinski definition) is 1. The second kappa shape index (κ2) is 5.14. The lowest BCUT2D eigenvalue weighted by molar-refractivity contribution is -0.141. The summed E-state index contributed by atoms with van der Waals surface area (Å²) in [6, 6.07) is 0. The van der Waals surface area contributed by atoms with E-state index in [0.717, 1.165) is 12.8 Å². The third-order valence-corrected chi connectivity index (χ3v) is 4.77. The van der Waals surface area contributed by atoms with Gasteiger partial charge in [-0.25, -0.2) is 8.42 Å². The number of sulfone groups is 1. The van der Waals surface area contributed by atoms with Gasteiger partial charge in [0.15, 0.2) is 9.84 Å². The highest BCUT2D eigenvalue weighted by molar-refractivity contribution is 7.91. The van der Waals surface area contributed by atoms with Crippen LogP contribution in [0.1, 0.15) is 19.3 Å². The molecule has 1 fully saturated rings. The lowest BCUT2D eigenvalue weighted by Crippen LogP contribution is -2.27. The van der Waals surface area contributed by atoms with E-state index in [1.807, 2.05) is 0 Å². The van der Waals surface area contributed by atoms with Gasteiger partial charge in [0.05, 0.1) is 25.0 Å². The first-order valence-electron chi connectivity index (χ1n) is 5.35. The summed E-state index contributed by atoms with van der Waals surface area (Å²) in [5.41, 5.74) is -0.334. The molecule has 0 atom stereocenters. The van der Waals surface area contributed by atoms with Crippen LogP contribution in [0.2, 0.25) is 0 Å². The molecule has 1 saturated carbocycles.